The average Bonchev–Trinajstić information content (AvgIpc) is 2.74. The van der Waals surface area contributed by atoms with E-state index in [9.17, 15) is 0 Å². The van der Waals surface area contributed by atoms with E-state index in [4.69, 9.17) is 0 Å². The summed E-state index contributed by atoms with van der Waals surface area (Å²) in [5.41, 5.74) is 1.50. The Kier molecular flexibility index (Phi) is 9.15. The normalized spacial score (nSPS) is 20.6. The van der Waals surface area contributed by atoms with E-state index in [1.54, 1.807) is 0 Å². The monoisotopic (exact) mass is 383 g/mol. The van der Waals surface area contributed by atoms with E-state index in [-0.39, 0.29) is 51.0 Å². The summed E-state index contributed by atoms with van der Waals surface area (Å²) in [6, 6.07) is 13.4. The second-order valence-electron chi connectivity index (χ2n) is 5.34. The van der Waals surface area contributed by atoms with Gasteiger partial charge in [0.2, 0.25) is 0 Å². The van der Waals surface area contributed by atoms with Gasteiger partial charge in [0.15, 0.2) is 0 Å². The molecule has 0 aromatic heterocycles. The zero-order chi connectivity index (χ0) is 11.7. The van der Waals surface area contributed by atoms with Crippen molar-refractivity contribution in [3.63, 3.8) is 0 Å². The standard InChI is InChI=1S/C17H19.2ClH.Zr/c1-13-6-2-3-7-15(13)10-14-11-16-8-4-5-9-17(16)12-14;;;/h3-5,7-9,11-13,15H,2,6,10H2,1H3;2*1H;/q-1;;;+3/p-2. The van der Waals surface area contributed by atoms with Crippen LogP contribution in [-0.4, -0.2) is 0 Å². The molecule has 0 saturated heterocycles. The molecule has 2 aromatic carbocycles. The van der Waals surface area contributed by atoms with Gasteiger partial charge < -0.3 is 24.8 Å². The largest absolute Gasteiger partial charge is 3.00 e. The summed E-state index contributed by atoms with van der Waals surface area (Å²) in [4.78, 5) is 0. The number of benzene rings is 1. The Labute approximate surface area is 153 Å². The first kappa shape index (κ1) is 20.0. The number of allylic oxidation sites excluding steroid dienone is 2. The topological polar surface area (TPSA) is 0 Å². The molecule has 0 nitrogen and oxygen atoms in total. The summed E-state index contributed by atoms with van der Waals surface area (Å²) >= 11 is 0. The molecule has 2 aromatic rings. The van der Waals surface area contributed by atoms with Crippen LogP contribution in [0.5, 0.6) is 0 Å². The summed E-state index contributed by atoms with van der Waals surface area (Å²) in [5.74, 6) is 1.57. The smallest absolute Gasteiger partial charge is 1.00 e. The van der Waals surface area contributed by atoms with E-state index in [0.717, 1.165) is 11.8 Å². The fraction of sp³-hybridized carbons (Fsp3) is 0.353. The van der Waals surface area contributed by atoms with Crippen LogP contribution >= 0.6 is 0 Å². The van der Waals surface area contributed by atoms with Gasteiger partial charge in [0.05, 0.1) is 0 Å². The van der Waals surface area contributed by atoms with Crippen molar-refractivity contribution in [3.8, 4) is 0 Å². The Morgan fingerprint density at radius 1 is 1.20 bits per heavy atom. The molecule has 0 N–H and O–H groups in total. The molecule has 1 aliphatic carbocycles. The maximum atomic E-state index is 2.42. The average molecular weight is 385 g/mol. The van der Waals surface area contributed by atoms with Crippen LogP contribution in [0.3, 0.4) is 0 Å². The maximum absolute atomic E-state index is 2.42. The molecular formula is C17H19Cl2Zr. The minimum absolute atomic E-state index is 0. The molecule has 105 valence electrons. The molecule has 0 amide bonds. The fourth-order valence-corrected chi connectivity index (χ4v) is 2.91. The summed E-state index contributed by atoms with van der Waals surface area (Å²) in [6.45, 7) is 2.39. The zero-order valence-corrected chi connectivity index (χ0v) is 15.6. The molecule has 20 heavy (non-hydrogen) atoms. The summed E-state index contributed by atoms with van der Waals surface area (Å²) in [5, 5.41) is 2.77. The van der Waals surface area contributed by atoms with Crippen molar-refractivity contribution < 1.29 is 51.0 Å². The summed E-state index contributed by atoms with van der Waals surface area (Å²) in [7, 11) is 0. The van der Waals surface area contributed by atoms with Gasteiger partial charge in [-0.1, -0.05) is 25.1 Å². The van der Waals surface area contributed by atoms with Crippen molar-refractivity contribution in [2.24, 2.45) is 11.8 Å². The molecule has 0 fully saturated rings. The van der Waals surface area contributed by atoms with Gasteiger partial charge in [-0.05, 0) is 31.1 Å². The third-order valence-electron chi connectivity index (χ3n) is 4.05. The Hall–Kier alpha value is 0.0331. The quantitative estimate of drug-likeness (QED) is 0.446. The van der Waals surface area contributed by atoms with Gasteiger partial charge >= 0.3 is 26.2 Å². The first-order valence-corrected chi connectivity index (χ1v) is 6.64. The second-order valence-corrected chi connectivity index (χ2v) is 5.34. The van der Waals surface area contributed by atoms with Gasteiger partial charge in [0.1, 0.15) is 0 Å². The van der Waals surface area contributed by atoms with Crippen molar-refractivity contribution in [1.29, 1.82) is 0 Å². The number of hydrogen-bond acceptors (Lipinski definition) is 0. The SMILES string of the molecule is CC1CCC=CC1Cc1cc2ccccc2[cH-]1.[Cl-].[Cl-].[Zr+3]. The van der Waals surface area contributed by atoms with E-state index in [2.05, 4.69) is 55.5 Å². The van der Waals surface area contributed by atoms with E-state index < -0.39 is 0 Å². The molecule has 0 bridgehead atoms. The number of fused-ring (bicyclic) bond motifs is 1. The third kappa shape index (κ3) is 4.52. The number of rotatable bonds is 2. The minimum Gasteiger partial charge on any atom is -1.00 e. The summed E-state index contributed by atoms with van der Waals surface area (Å²) in [6.07, 6.45) is 8.59. The zero-order valence-electron chi connectivity index (χ0n) is 11.7. The van der Waals surface area contributed by atoms with Gasteiger partial charge in [0.25, 0.3) is 0 Å². The van der Waals surface area contributed by atoms with Crippen LogP contribution in [0, 0.1) is 11.8 Å². The van der Waals surface area contributed by atoms with Crippen LogP contribution in [0.1, 0.15) is 25.3 Å². The van der Waals surface area contributed by atoms with Crippen LogP contribution in [0.25, 0.3) is 10.8 Å². The van der Waals surface area contributed by atoms with Crippen LogP contribution in [-0.2, 0) is 32.6 Å². The molecule has 2 unspecified atom stereocenters. The van der Waals surface area contributed by atoms with Crippen molar-refractivity contribution in [1.82, 2.24) is 0 Å². The molecule has 0 heterocycles. The Morgan fingerprint density at radius 2 is 1.95 bits per heavy atom. The number of halogens is 2. The first-order chi connectivity index (χ1) is 8.33. The predicted molar refractivity (Wildman–Crippen MR) is 74.3 cm³/mol. The van der Waals surface area contributed by atoms with Gasteiger partial charge in [-0.2, -0.15) is 6.07 Å². The van der Waals surface area contributed by atoms with Gasteiger partial charge in [0, 0.05) is 0 Å². The molecule has 3 rings (SSSR count). The second kappa shape index (κ2) is 9.13. The molecular weight excluding hydrogens is 366 g/mol. The van der Waals surface area contributed by atoms with Crippen LogP contribution in [0.2, 0.25) is 0 Å². The van der Waals surface area contributed by atoms with E-state index >= 15 is 0 Å². The molecule has 2 atom stereocenters. The molecule has 1 aliphatic rings. The molecule has 0 spiro atoms. The van der Waals surface area contributed by atoms with E-state index in [0.29, 0.717) is 0 Å². The van der Waals surface area contributed by atoms with Gasteiger partial charge in [-0.3, -0.25) is 0 Å². The minimum atomic E-state index is 0. The third-order valence-corrected chi connectivity index (χ3v) is 4.05. The van der Waals surface area contributed by atoms with Crippen molar-refractivity contribution in [3.05, 3.63) is 54.1 Å². The maximum Gasteiger partial charge on any atom is 3.00 e. The summed E-state index contributed by atoms with van der Waals surface area (Å²) < 4.78 is 0. The fourth-order valence-electron chi connectivity index (χ4n) is 2.91. The first-order valence-electron chi connectivity index (χ1n) is 6.64. The van der Waals surface area contributed by atoms with Crippen LogP contribution in [0.4, 0.5) is 0 Å². The molecule has 0 saturated carbocycles. The van der Waals surface area contributed by atoms with E-state index in [1.807, 2.05) is 0 Å². The molecule has 0 aliphatic heterocycles. The Bertz CT molecular complexity index is 512. The van der Waals surface area contributed by atoms with Crippen molar-refractivity contribution in [2.75, 3.05) is 0 Å². The van der Waals surface area contributed by atoms with Gasteiger partial charge in [-0.15, -0.1) is 40.6 Å². The van der Waals surface area contributed by atoms with Crippen LogP contribution < -0.4 is 24.8 Å². The Morgan fingerprint density at radius 3 is 2.65 bits per heavy atom. The predicted octanol–water partition coefficient (Wildman–Crippen LogP) is -1.29. The van der Waals surface area contributed by atoms with Crippen molar-refractivity contribution in [2.45, 2.75) is 26.2 Å². The van der Waals surface area contributed by atoms with Crippen molar-refractivity contribution >= 4 is 10.8 Å². The Balaban J connectivity index is 0.00000120. The molecule has 1 radical (unpaired) electrons. The molecule has 3 heteroatoms. The number of hydrogen-bond donors (Lipinski definition) is 0. The van der Waals surface area contributed by atoms with Crippen LogP contribution in [0.15, 0.2) is 48.6 Å². The van der Waals surface area contributed by atoms with Gasteiger partial charge in [-0.25, -0.2) is 0 Å². The van der Waals surface area contributed by atoms with E-state index in [1.165, 1.54) is 35.6 Å².